The van der Waals surface area contributed by atoms with Crippen LogP contribution >= 0.6 is 0 Å². The van der Waals surface area contributed by atoms with E-state index in [2.05, 4.69) is 72.8 Å². The average molecular weight is 346 g/mol. The van der Waals surface area contributed by atoms with Gasteiger partial charge in [0.25, 0.3) is 0 Å². The number of hydrogen-bond donors (Lipinski definition) is 0. The molecule has 0 aromatic heterocycles. The van der Waals surface area contributed by atoms with Crippen LogP contribution in [0.5, 0.6) is 0 Å². The Kier molecular flexibility index (Phi) is 7.00. The number of rotatable bonds is 9. The first-order valence-corrected chi connectivity index (χ1v) is 9.17. The van der Waals surface area contributed by atoms with Gasteiger partial charge in [0.15, 0.2) is 0 Å². The summed E-state index contributed by atoms with van der Waals surface area (Å²) in [4.78, 5) is 0. The van der Waals surface area contributed by atoms with E-state index in [1.165, 1.54) is 22.3 Å². The van der Waals surface area contributed by atoms with Gasteiger partial charge in [0, 0.05) is 13.7 Å². The third kappa shape index (κ3) is 5.04. The molecule has 0 amide bonds. The SMILES string of the molecule is COC(COCCCc1ccccc1)c1ccccc1-c1ccccc1. The Morgan fingerprint density at radius 2 is 1.42 bits per heavy atom. The predicted molar refractivity (Wildman–Crippen MR) is 107 cm³/mol. The van der Waals surface area contributed by atoms with Crippen LogP contribution in [0.15, 0.2) is 84.9 Å². The van der Waals surface area contributed by atoms with Crippen LogP contribution in [0.4, 0.5) is 0 Å². The highest BCUT2D eigenvalue weighted by Crippen LogP contribution is 2.30. The van der Waals surface area contributed by atoms with E-state index in [0.29, 0.717) is 6.61 Å². The van der Waals surface area contributed by atoms with E-state index in [1.807, 2.05) is 12.1 Å². The third-order valence-electron chi connectivity index (χ3n) is 4.54. The lowest BCUT2D eigenvalue weighted by atomic mass is 9.96. The highest BCUT2D eigenvalue weighted by molar-refractivity contribution is 5.67. The second-order valence-corrected chi connectivity index (χ2v) is 6.34. The first kappa shape index (κ1) is 18.4. The molecule has 3 rings (SSSR count). The van der Waals surface area contributed by atoms with Gasteiger partial charge in [0.2, 0.25) is 0 Å². The number of hydrogen-bond acceptors (Lipinski definition) is 2. The fraction of sp³-hybridized carbons (Fsp3) is 0.250. The highest BCUT2D eigenvalue weighted by Gasteiger charge is 2.15. The first-order chi connectivity index (χ1) is 12.9. The number of methoxy groups -OCH3 is 1. The molecule has 0 aliphatic heterocycles. The molecule has 0 bridgehead atoms. The Morgan fingerprint density at radius 1 is 0.769 bits per heavy atom. The zero-order chi connectivity index (χ0) is 18.0. The fourth-order valence-corrected chi connectivity index (χ4v) is 3.16. The van der Waals surface area contributed by atoms with E-state index < -0.39 is 0 Å². The van der Waals surface area contributed by atoms with Crippen LogP contribution in [0.1, 0.15) is 23.7 Å². The summed E-state index contributed by atoms with van der Waals surface area (Å²) in [5, 5.41) is 0. The highest BCUT2D eigenvalue weighted by atomic mass is 16.5. The molecule has 134 valence electrons. The largest absolute Gasteiger partial charge is 0.378 e. The summed E-state index contributed by atoms with van der Waals surface area (Å²) in [5.41, 5.74) is 4.93. The molecule has 3 aromatic rings. The second kappa shape index (κ2) is 9.91. The topological polar surface area (TPSA) is 18.5 Å². The molecule has 2 heteroatoms. The van der Waals surface area contributed by atoms with Crippen molar-refractivity contribution in [2.45, 2.75) is 18.9 Å². The lowest BCUT2D eigenvalue weighted by Gasteiger charge is -2.19. The Labute approximate surface area is 156 Å². The molecular weight excluding hydrogens is 320 g/mol. The van der Waals surface area contributed by atoms with Gasteiger partial charge in [-0.3, -0.25) is 0 Å². The molecule has 0 aliphatic rings. The van der Waals surface area contributed by atoms with Crippen LogP contribution in [0.2, 0.25) is 0 Å². The molecule has 26 heavy (non-hydrogen) atoms. The summed E-state index contributed by atoms with van der Waals surface area (Å²) in [6, 6.07) is 29.4. The lowest BCUT2D eigenvalue weighted by molar-refractivity contribution is 0.00704. The van der Waals surface area contributed by atoms with Crippen molar-refractivity contribution in [3.05, 3.63) is 96.1 Å². The molecule has 0 aliphatic carbocycles. The van der Waals surface area contributed by atoms with Crippen molar-refractivity contribution in [3.63, 3.8) is 0 Å². The van der Waals surface area contributed by atoms with E-state index >= 15 is 0 Å². The van der Waals surface area contributed by atoms with Crippen LogP contribution in [0.3, 0.4) is 0 Å². The Bertz CT molecular complexity index is 768. The molecule has 0 saturated carbocycles. The summed E-state index contributed by atoms with van der Waals surface area (Å²) in [6.07, 6.45) is 1.99. The molecule has 0 spiro atoms. The van der Waals surface area contributed by atoms with E-state index in [-0.39, 0.29) is 6.10 Å². The minimum Gasteiger partial charge on any atom is -0.378 e. The summed E-state index contributed by atoms with van der Waals surface area (Å²) >= 11 is 0. The van der Waals surface area contributed by atoms with Gasteiger partial charge in [0.05, 0.1) is 6.61 Å². The monoisotopic (exact) mass is 346 g/mol. The van der Waals surface area contributed by atoms with Gasteiger partial charge in [0.1, 0.15) is 6.10 Å². The van der Waals surface area contributed by atoms with Crippen molar-refractivity contribution >= 4 is 0 Å². The predicted octanol–water partition coefficient (Wildman–Crippen LogP) is 5.69. The van der Waals surface area contributed by atoms with Gasteiger partial charge in [-0.1, -0.05) is 84.9 Å². The molecule has 1 unspecified atom stereocenters. The zero-order valence-electron chi connectivity index (χ0n) is 15.3. The second-order valence-electron chi connectivity index (χ2n) is 6.34. The van der Waals surface area contributed by atoms with E-state index in [9.17, 15) is 0 Å². The fourth-order valence-electron chi connectivity index (χ4n) is 3.16. The first-order valence-electron chi connectivity index (χ1n) is 9.17. The van der Waals surface area contributed by atoms with Crippen LogP contribution in [-0.4, -0.2) is 20.3 Å². The van der Waals surface area contributed by atoms with Crippen molar-refractivity contribution in [1.29, 1.82) is 0 Å². The Balaban J connectivity index is 1.57. The van der Waals surface area contributed by atoms with Crippen molar-refractivity contribution in [2.75, 3.05) is 20.3 Å². The van der Waals surface area contributed by atoms with Gasteiger partial charge < -0.3 is 9.47 Å². The molecule has 0 fully saturated rings. The Morgan fingerprint density at radius 3 is 2.15 bits per heavy atom. The van der Waals surface area contributed by atoms with Crippen molar-refractivity contribution in [3.8, 4) is 11.1 Å². The molecule has 1 atom stereocenters. The van der Waals surface area contributed by atoms with E-state index in [0.717, 1.165) is 19.4 Å². The van der Waals surface area contributed by atoms with Crippen molar-refractivity contribution in [1.82, 2.24) is 0 Å². The average Bonchev–Trinajstić information content (AvgIpc) is 2.72. The van der Waals surface area contributed by atoms with Crippen molar-refractivity contribution in [2.24, 2.45) is 0 Å². The Hall–Kier alpha value is -2.42. The number of aryl methyl sites for hydroxylation is 1. The lowest BCUT2D eigenvalue weighted by Crippen LogP contribution is -2.12. The summed E-state index contributed by atoms with van der Waals surface area (Å²) in [6.45, 7) is 1.30. The summed E-state index contributed by atoms with van der Waals surface area (Å²) in [5.74, 6) is 0. The van der Waals surface area contributed by atoms with Crippen LogP contribution in [0, 0.1) is 0 Å². The standard InChI is InChI=1S/C24H26O2/c1-25-24(19-26-18-10-13-20-11-4-2-5-12-20)23-17-9-8-16-22(23)21-14-6-3-7-15-21/h2-9,11-12,14-17,24H,10,13,18-19H2,1H3. The maximum Gasteiger partial charge on any atom is 0.106 e. The quantitative estimate of drug-likeness (QED) is 0.463. The maximum absolute atomic E-state index is 5.93. The van der Waals surface area contributed by atoms with Gasteiger partial charge in [-0.05, 0) is 35.1 Å². The van der Waals surface area contributed by atoms with E-state index in [1.54, 1.807) is 7.11 Å². The molecule has 0 N–H and O–H groups in total. The third-order valence-corrected chi connectivity index (χ3v) is 4.54. The summed E-state index contributed by atoms with van der Waals surface area (Å²) in [7, 11) is 1.75. The number of benzene rings is 3. The molecule has 0 saturated heterocycles. The smallest absolute Gasteiger partial charge is 0.106 e. The molecule has 0 radical (unpaired) electrons. The van der Waals surface area contributed by atoms with E-state index in [4.69, 9.17) is 9.47 Å². The molecular formula is C24H26O2. The minimum atomic E-state index is -0.0665. The molecule has 3 aromatic carbocycles. The van der Waals surface area contributed by atoms with Crippen LogP contribution < -0.4 is 0 Å². The van der Waals surface area contributed by atoms with Gasteiger partial charge in [-0.25, -0.2) is 0 Å². The molecule has 0 heterocycles. The van der Waals surface area contributed by atoms with Gasteiger partial charge in [-0.2, -0.15) is 0 Å². The number of ether oxygens (including phenoxy) is 2. The van der Waals surface area contributed by atoms with Crippen LogP contribution in [-0.2, 0) is 15.9 Å². The zero-order valence-corrected chi connectivity index (χ0v) is 15.3. The van der Waals surface area contributed by atoms with Crippen molar-refractivity contribution < 1.29 is 9.47 Å². The van der Waals surface area contributed by atoms with Gasteiger partial charge in [-0.15, -0.1) is 0 Å². The normalized spacial score (nSPS) is 12.0. The maximum atomic E-state index is 5.93. The summed E-state index contributed by atoms with van der Waals surface area (Å²) < 4.78 is 11.7. The van der Waals surface area contributed by atoms with Gasteiger partial charge >= 0.3 is 0 Å². The molecule has 2 nitrogen and oxygen atoms in total. The van der Waals surface area contributed by atoms with Crippen LogP contribution in [0.25, 0.3) is 11.1 Å². The minimum absolute atomic E-state index is 0.0665.